The molecule has 114 valence electrons. The van der Waals surface area contributed by atoms with Crippen LogP contribution in [0.3, 0.4) is 0 Å². The van der Waals surface area contributed by atoms with E-state index in [9.17, 15) is 0 Å². The fourth-order valence-electron chi connectivity index (χ4n) is 8.31. The quantitative estimate of drug-likeness (QED) is 0.924. The van der Waals surface area contributed by atoms with Crippen LogP contribution in [0.2, 0.25) is 0 Å². The number of benzene rings is 1. The van der Waals surface area contributed by atoms with E-state index in [1.807, 2.05) is 6.07 Å². The van der Waals surface area contributed by atoms with Gasteiger partial charge in [0.15, 0.2) is 0 Å². The van der Waals surface area contributed by atoms with E-state index in [0.717, 1.165) is 59.6 Å². The zero-order valence-corrected chi connectivity index (χ0v) is 12.7. The molecule has 22 heavy (non-hydrogen) atoms. The van der Waals surface area contributed by atoms with Crippen molar-refractivity contribution >= 4 is 0 Å². The fraction of sp³-hybridized carbons (Fsp3) is 0.684. The highest BCUT2D eigenvalue weighted by atomic mass is 16.5. The summed E-state index contributed by atoms with van der Waals surface area (Å²) >= 11 is 0. The lowest BCUT2D eigenvalue weighted by molar-refractivity contribution is -0.0591. The van der Waals surface area contributed by atoms with Crippen LogP contribution >= 0.6 is 0 Å². The molecule has 0 amide bonds. The first-order chi connectivity index (χ1) is 10.8. The summed E-state index contributed by atoms with van der Waals surface area (Å²) in [6.45, 7) is 0.908. The molecular weight excluding hydrogens is 274 g/mol. The van der Waals surface area contributed by atoms with Crippen molar-refractivity contribution in [1.29, 1.82) is 0 Å². The number of hydrogen-bond acceptors (Lipinski definition) is 3. The van der Waals surface area contributed by atoms with Gasteiger partial charge in [-0.3, -0.25) is 5.32 Å². The van der Waals surface area contributed by atoms with Crippen LogP contribution in [0.15, 0.2) is 24.3 Å². The van der Waals surface area contributed by atoms with E-state index in [-0.39, 0.29) is 5.72 Å². The summed E-state index contributed by atoms with van der Waals surface area (Å²) in [6, 6.07) is 8.44. The minimum atomic E-state index is 0.0418. The van der Waals surface area contributed by atoms with Crippen molar-refractivity contribution in [3.63, 3.8) is 0 Å². The number of methoxy groups -OCH3 is 1. The first-order valence-corrected chi connectivity index (χ1v) is 8.89. The Kier molecular flexibility index (Phi) is 1.69. The summed E-state index contributed by atoms with van der Waals surface area (Å²) in [4.78, 5) is 0. The Morgan fingerprint density at radius 1 is 1.18 bits per heavy atom. The molecule has 4 bridgehead atoms. The second-order valence-corrected chi connectivity index (χ2v) is 8.51. The third-order valence-electron chi connectivity index (χ3n) is 8.40. The first-order valence-electron chi connectivity index (χ1n) is 8.89. The highest BCUT2D eigenvalue weighted by Crippen LogP contribution is 2.89. The van der Waals surface area contributed by atoms with Gasteiger partial charge in [-0.2, -0.15) is 0 Å². The number of nitrogens with one attached hydrogen (secondary N) is 1. The lowest BCUT2D eigenvalue weighted by Crippen LogP contribution is -2.56. The number of hydrogen-bond donors (Lipinski definition) is 1. The highest BCUT2D eigenvalue weighted by molar-refractivity contribution is 5.39. The molecule has 1 N–H and O–H groups in total. The van der Waals surface area contributed by atoms with Crippen molar-refractivity contribution in [2.24, 2.45) is 47.3 Å². The molecule has 0 aromatic heterocycles. The smallest absolute Gasteiger partial charge is 0.126 e. The maximum absolute atomic E-state index is 6.69. The van der Waals surface area contributed by atoms with Crippen molar-refractivity contribution in [3.05, 3.63) is 29.8 Å². The Morgan fingerprint density at radius 3 is 3.05 bits per heavy atom. The maximum atomic E-state index is 6.69. The average molecular weight is 295 g/mol. The van der Waals surface area contributed by atoms with Crippen LogP contribution in [0.1, 0.15) is 12.0 Å². The molecule has 1 aromatic carbocycles. The molecule has 2 saturated heterocycles. The van der Waals surface area contributed by atoms with Crippen molar-refractivity contribution in [2.45, 2.75) is 24.8 Å². The molecule has 7 fully saturated rings. The molecule has 1 aromatic rings. The summed E-state index contributed by atoms with van der Waals surface area (Å²) in [5.74, 6) is 8.55. The molecule has 10 atom stereocenters. The average Bonchev–Trinajstić information content (AvgIpc) is 3.18. The van der Waals surface area contributed by atoms with Gasteiger partial charge in [0.2, 0.25) is 0 Å². The van der Waals surface area contributed by atoms with Crippen LogP contribution in [0.5, 0.6) is 5.75 Å². The molecule has 0 spiro atoms. The standard InChI is InChI=1S/C19H21NO2/c1-21-9-4-2-3-8(5-9)7-20-19-16-11-6-10-12-13(11)17(19)15(12)18(22-19)14(10)16/h2-5,10-18,20H,6-7H2,1H3/t10-,11+,12-,13+,14+,15+,16+,17+,18-,19+/m0/s1. The van der Waals surface area contributed by atoms with Crippen LogP contribution in [0.4, 0.5) is 0 Å². The summed E-state index contributed by atoms with van der Waals surface area (Å²) in [7, 11) is 1.74. The molecule has 2 aliphatic heterocycles. The highest BCUT2D eigenvalue weighted by Gasteiger charge is 2.92. The minimum absolute atomic E-state index is 0.0418. The van der Waals surface area contributed by atoms with Gasteiger partial charge in [-0.25, -0.2) is 0 Å². The van der Waals surface area contributed by atoms with Crippen molar-refractivity contribution in [2.75, 3.05) is 7.11 Å². The monoisotopic (exact) mass is 295 g/mol. The molecule has 5 saturated carbocycles. The maximum Gasteiger partial charge on any atom is 0.126 e. The van der Waals surface area contributed by atoms with Gasteiger partial charge in [0, 0.05) is 18.4 Å². The lowest BCUT2D eigenvalue weighted by Gasteiger charge is -2.46. The Hall–Kier alpha value is -1.06. The molecular formula is C19H21NO2. The second-order valence-electron chi connectivity index (χ2n) is 8.51. The van der Waals surface area contributed by atoms with Gasteiger partial charge in [-0.15, -0.1) is 0 Å². The normalized spacial score (nSPS) is 59.8. The van der Waals surface area contributed by atoms with E-state index in [2.05, 4.69) is 23.5 Å². The zero-order valence-electron chi connectivity index (χ0n) is 12.7. The largest absolute Gasteiger partial charge is 0.497 e. The van der Waals surface area contributed by atoms with Crippen molar-refractivity contribution in [1.82, 2.24) is 5.32 Å². The summed E-state index contributed by atoms with van der Waals surface area (Å²) in [5, 5.41) is 3.91. The van der Waals surface area contributed by atoms with Gasteiger partial charge in [0.05, 0.1) is 13.2 Å². The Labute approximate surface area is 130 Å². The van der Waals surface area contributed by atoms with Gasteiger partial charge in [0.1, 0.15) is 11.5 Å². The lowest BCUT2D eigenvalue weighted by atomic mass is 9.59. The number of rotatable bonds is 4. The third-order valence-corrected chi connectivity index (χ3v) is 8.40. The predicted octanol–water partition coefficient (Wildman–Crippen LogP) is 2.27. The van der Waals surface area contributed by atoms with Crippen LogP contribution in [-0.4, -0.2) is 18.9 Å². The topological polar surface area (TPSA) is 30.5 Å². The van der Waals surface area contributed by atoms with E-state index in [4.69, 9.17) is 9.47 Å². The van der Waals surface area contributed by atoms with Gasteiger partial charge in [-0.05, 0) is 59.6 Å². The minimum Gasteiger partial charge on any atom is -0.497 e. The summed E-state index contributed by atoms with van der Waals surface area (Å²) in [5.41, 5.74) is 1.35. The van der Waals surface area contributed by atoms with Crippen LogP contribution in [-0.2, 0) is 11.3 Å². The van der Waals surface area contributed by atoms with Crippen LogP contribution in [0, 0.1) is 47.3 Å². The molecule has 3 heteroatoms. The predicted molar refractivity (Wildman–Crippen MR) is 80.0 cm³/mol. The van der Waals surface area contributed by atoms with Gasteiger partial charge >= 0.3 is 0 Å². The van der Waals surface area contributed by atoms with Gasteiger partial charge < -0.3 is 9.47 Å². The Morgan fingerprint density at radius 2 is 2.14 bits per heavy atom. The van der Waals surface area contributed by atoms with Crippen LogP contribution in [0.25, 0.3) is 0 Å². The third kappa shape index (κ3) is 0.908. The summed E-state index contributed by atoms with van der Waals surface area (Å²) in [6.07, 6.45) is 2.15. The van der Waals surface area contributed by atoms with Gasteiger partial charge in [0.25, 0.3) is 0 Å². The first kappa shape index (κ1) is 11.5. The van der Waals surface area contributed by atoms with Crippen molar-refractivity contribution < 1.29 is 9.47 Å². The second kappa shape index (κ2) is 3.25. The van der Waals surface area contributed by atoms with E-state index < -0.39 is 0 Å². The number of ether oxygens (including phenoxy) is 2. The molecule has 2 heterocycles. The van der Waals surface area contributed by atoms with Crippen LogP contribution < -0.4 is 10.1 Å². The Bertz CT molecular complexity index is 694. The van der Waals surface area contributed by atoms with Crippen molar-refractivity contribution in [3.8, 4) is 5.75 Å². The Balaban J connectivity index is 1.23. The molecule has 3 nitrogen and oxygen atoms in total. The fourth-order valence-corrected chi connectivity index (χ4v) is 8.31. The van der Waals surface area contributed by atoms with E-state index in [1.54, 1.807) is 7.11 Å². The van der Waals surface area contributed by atoms with E-state index >= 15 is 0 Å². The van der Waals surface area contributed by atoms with Gasteiger partial charge in [-0.1, -0.05) is 12.1 Å². The SMILES string of the molecule is COc1cccc(CN[C@]23O[C@@H]4[C@@H]5[C@H]6[C@@H]7C[C@H]([C@H]6[C@H]52)[C@@H]3[C@@H]74)c1. The van der Waals surface area contributed by atoms with E-state index in [0.29, 0.717) is 6.10 Å². The molecule has 5 aliphatic carbocycles. The van der Waals surface area contributed by atoms with E-state index in [1.165, 1.54) is 12.0 Å². The molecule has 8 rings (SSSR count). The molecule has 0 radical (unpaired) electrons. The molecule has 0 unspecified atom stereocenters. The molecule has 7 aliphatic rings. The summed E-state index contributed by atoms with van der Waals surface area (Å²) < 4.78 is 12.0. The zero-order chi connectivity index (χ0) is 14.2.